The number of hydrogen-bond acceptors (Lipinski definition) is 4. The monoisotopic (exact) mass is 356 g/mol. The first-order valence-electron chi connectivity index (χ1n) is 7.06. The van der Waals surface area contributed by atoms with Gasteiger partial charge in [0.1, 0.15) is 0 Å². The SMILES string of the molecule is O=C(NNc1nccnc1Cl)C1CC1c1cccc(C(F)(F)F)c1. The summed E-state index contributed by atoms with van der Waals surface area (Å²) in [5, 5.41) is 0.100. The second kappa shape index (κ2) is 6.27. The van der Waals surface area contributed by atoms with E-state index < -0.39 is 17.7 Å². The molecule has 2 atom stereocenters. The topological polar surface area (TPSA) is 66.9 Å². The van der Waals surface area contributed by atoms with E-state index in [2.05, 4.69) is 20.8 Å². The second-order valence-corrected chi connectivity index (χ2v) is 5.74. The predicted molar refractivity (Wildman–Crippen MR) is 81.1 cm³/mol. The van der Waals surface area contributed by atoms with E-state index in [0.717, 1.165) is 12.1 Å². The molecule has 2 unspecified atom stereocenters. The maximum Gasteiger partial charge on any atom is 0.416 e. The van der Waals surface area contributed by atoms with Crippen LogP contribution in [0.3, 0.4) is 0 Å². The fourth-order valence-electron chi connectivity index (χ4n) is 2.42. The molecule has 1 aromatic heterocycles. The minimum absolute atomic E-state index is 0.100. The van der Waals surface area contributed by atoms with Crippen LogP contribution in [0, 0.1) is 5.92 Å². The molecule has 1 amide bonds. The molecule has 126 valence electrons. The molecule has 1 aromatic carbocycles. The Balaban J connectivity index is 1.61. The van der Waals surface area contributed by atoms with Crippen molar-refractivity contribution in [3.05, 3.63) is 52.9 Å². The maximum atomic E-state index is 12.7. The molecule has 1 heterocycles. The average molecular weight is 357 g/mol. The Hall–Kier alpha value is -2.35. The van der Waals surface area contributed by atoms with Crippen LogP contribution in [0.4, 0.5) is 19.0 Å². The molecule has 9 heteroatoms. The lowest BCUT2D eigenvalue weighted by Crippen LogP contribution is -2.31. The van der Waals surface area contributed by atoms with Crippen molar-refractivity contribution in [2.75, 3.05) is 5.43 Å². The summed E-state index contributed by atoms with van der Waals surface area (Å²) < 4.78 is 38.2. The third-order valence-corrected chi connectivity index (χ3v) is 4.00. The minimum Gasteiger partial charge on any atom is -0.279 e. The largest absolute Gasteiger partial charge is 0.416 e. The average Bonchev–Trinajstić information content (AvgIpc) is 3.34. The summed E-state index contributed by atoms with van der Waals surface area (Å²) in [5.41, 5.74) is 4.79. The zero-order valence-electron chi connectivity index (χ0n) is 12.1. The molecule has 3 rings (SSSR count). The van der Waals surface area contributed by atoms with Crippen LogP contribution in [0.25, 0.3) is 0 Å². The Morgan fingerprint density at radius 3 is 2.71 bits per heavy atom. The van der Waals surface area contributed by atoms with E-state index in [1.807, 2.05) is 0 Å². The van der Waals surface area contributed by atoms with Crippen LogP contribution in [0.15, 0.2) is 36.7 Å². The normalized spacial score (nSPS) is 19.7. The van der Waals surface area contributed by atoms with Crippen LogP contribution in [0.2, 0.25) is 5.15 Å². The molecule has 0 saturated heterocycles. The van der Waals surface area contributed by atoms with Crippen molar-refractivity contribution in [1.29, 1.82) is 0 Å². The number of alkyl halides is 3. The molecule has 0 spiro atoms. The van der Waals surface area contributed by atoms with Gasteiger partial charge < -0.3 is 0 Å². The molecule has 5 nitrogen and oxygen atoms in total. The molecule has 1 saturated carbocycles. The van der Waals surface area contributed by atoms with Crippen molar-refractivity contribution in [1.82, 2.24) is 15.4 Å². The number of anilines is 1. The van der Waals surface area contributed by atoms with Crippen molar-refractivity contribution in [3.8, 4) is 0 Å². The van der Waals surface area contributed by atoms with Crippen molar-refractivity contribution in [2.24, 2.45) is 5.92 Å². The lowest BCUT2D eigenvalue weighted by atomic mass is 10.1. The summed E-state index contributed by atoms with van der Waals surface area (Å²) in [7, 11) is 0. The van der Waals surface area contributed by atoms with Crippen LogP contribution < -0.4 is 10.9 Å². The number of nitrogens with one attached hydrogen (secondary N) is 2. The number of aromatic nitrogens is 2. The van der Waals surface area contributed by atoms with Crippen LogP contribution in [-0.2, 0) is 11.0 Å². The number of amides is 1. The first kappa shape index (κ1) is 16.5. The van der Waals surface area contributed by atoms with Gasteiger partial charge in [-0.15, -0.1) is 0 Å². The molecular formula is C15H12ClF3N4O. The highest BCUT2D eigenvalue weighted by molar-refractivity contribution is 6.31. The van der Waals surface area contributed by atoms with Gasteiger partial charge in [0.15, 0.2) is 11.0 Å². The highest BCUT2D eigenvalue weighted by atomic mass is 35.5. The Labute approximate surface area is 140 Å². The summed E-state index contributed by atoms with van der Waals surface area (Å²) >= 11 is 5.79. The molecule has 1 aliphatic rings. The molecule has 1 fully saturated rings. The van der Waals surface area contributed by atoms with Gasteiger partial charge in [-0.2, -0.15) is 13.2 Å². The molecular weight excluding hydrogens is 345 g/mol. The molecule has 2 N–H and O–H groups in total. The number of rotatable bonds is 4. The maximum absolute atomic E-state index is 12.7. The lowest BCUT2D eigenvalue weighted by Gasteiger charge is -2.09. The molecule has 0 aliphatic heterocycles. The fraction of sp³-hybridized carbons (Fsp3) is 0.267. The molecule has 1 aliphatic carbocycles. The number of hydrogen-bond donors (Lipinski definition) is 2. The molecule has 0 bridgehead atoms. The highest BCUT2D eigenvalue weighted by Gasteiger charge is 2.44. The number of carbonyl (C=O) groups is 1. The Morgan fingerprint density at radius 2 is 2.00 bits per heavy atom. The molecule has 0 radical (unpaired) electrons. The van der Waals surface area contributed by atoms with Crippen LogP contribution in [0.5, 0.6) is 0 Å². The number of benzene rings is 1. The van der Waals surface area contributed by atoms with Crippen molar-refractivity contribution >= 4 is 23.3 Å². The summed E-state index contributed by atoms with van der Waals surface area (Å²) in [5.74, 6) is -0.759. The third kappa shape index (κ3) is 3.59. The quantitative estimate of drug-likeness (QED) is 0.824. The van der Waals surface area contributed by atoms with Gasteiger partial charge >= 0.3 is 6.18 Å². The summed E-state index contributed by atoms with van der Waals surface area (Å²) in [6.45, 7) is 0. The number of carbonyl (C=O) groups excluding carboxylic acids is 1. The van der Waals surface area contributed by atoms with Gasteiger partial charge in [0.2, 0.25) is 5.91 Å². The van der Waals surface area contributed by atoms with E-state index >= 15 is 0 Å². The van der Waals surface area contributed by atoms with Gasteiger partial charge in [-0.3, -0.25) is 15.6 Å². The first-order chi connectivity index (χ1) is 11.4. The van der Waals surface area contributed by atoms with Gasteiger partial charge in [-0.25, -0.2) is 9.97 Å². The van der Waals surface area contributed by atoms with Crippen LogP contribution in [-0.4, -0.2) is 15.9 Å². The van der Waals surface area contributed by atoms with E-state index in [1.54, 1.807) is 6.07 Å². The lowest BCUT2D eigenvalue weighted by molar-refractivity contribution is -0.137. The Kier molecular flexibility index (Phi) is 4.31. The van der Waals surface area contributed by atoms with Gasteiger partial charge in [0.25, 0.3) is 0 Å². The van der Waals surface area contributed by atoms with E-state index in [1.165, 1.54) is 18.5 Å². The third-order valence-electron chi connectivity index (χ3n) is 3.73. The van der Waals surface area contributed by atoms with E-state index in [4.69, 9.17) is 11.6 Å². The first-order valence-corrected chi connectivity index (χ1v) is 7.43. The Morgan fingerprint density at radius 1 is 1.25 bits per heavy atom. The number of hydrazine groups is 1. The molecule has 2 aromatic rings. The van der Waals surface area contributed by atoms with Gasteiger partial charge in [0, 0.05) is 18.3 Å². The summed E-state index contributed by atoms with van der Waals surface area (Å²) in [4.78, 5) is 19.8. The predicted octanol–water partition coefficient (Wildman–Crippen LogP) is 3.40. The number of nitrogens with zero attached hydrogens (tertiary/aromatic N) is 2. The highest BCUT2D eigenvalue weighted by Crippen LogP contribution is 2.48. The van der Waals surface area contributed by atoms with Crippen LogP contribution >= 0.6 is 11.6 Å². The Bertz CT molecular complexity index is 768. The summed E-state index contributed by atoms with van der Waals surface area (Å²) in [6.07, 6.45) is -1.10. The van der Waals surface area contributed by atoms with Crippen molar-refractivity contribution < 1.29 is 18.0 Å². The van der Waals surface area contributed by atoms with Gasteiger partial charge in [-0.05, 0) is 24.0 Å². The van der Waals surface area contributed by atoms with E-state index in [9.17, 15) is 18.0 Å². The van der Waals surface area contributed by atoms with Gasteiger partial charge in [0.05, 0.1) is 5.56 Å². The fourth-order valence-corrected chi connectivity index (χ4v) is 2.57. The summed E-state index contributed by atoms with van der Waals surface area (Å²) in [6, 6.07) is 5.05. The molecule has 24 heavy (non-hydrogen) atoms. The van der Waals surface area contributed by atoms with Gasteiger partial charge in [-0.1, -0.05) is 29.8 Å². The second-order valence-electron chi connectivity index (χ2n) is 5.38. The number of halogens is 4. The van der Waals surface area contributed by atoms with Crippen molar-refractivity contribution in [3.63, 3.8) is 0 Å². The van der Waals surface area contributed by atoms with Crippen LogP contribution in [0.1, 0.15) is 23.5 Å². The van der Waals surface area contributed by atoms with Crippen molar-refractivity contribution in [2.45, 2.75) is 18.5 Å². The zero-order valence-corrected chi connectivity index (χ0v) is 12.9. The zero-order chi connectivity index (χ0) is 17.3. The standard InChI is InChI=1S/C15H12ClF3N4O/c16-12-13(21-5-4-20-12)22-23-14(24)11-7-10(11)8-2-1-3-9(6-8)15(17,18)19/h1-6,10-11H,7H2,(H,21,22)(H,23,24). The minimum atomic E-state index is -4.40. The van der Waals surface area contributed by atoms with E-state index in [0.29, 0.717) is 12.0 Å². The smallest absolute Gasteiger partial charge is 0.279 e. The van der Waals surface area contributed by atoms with E-state index in [-0.39, 0.29) is 22.8 Å².